The van der Waals surface area contributed by atoms with Crippen molar-refractivity contribution in [3.05, 3.63) is 16.1 Å². The third-order valence-electron chi connectivity index (χ3n) is 2.49. The van der Waals surface area contributed by atoms with Crippen molar-refractivity contribution < 1.29 is 5.11 Å². The number of anilines is 2. The van der Waals surface area contributed by atoms with Crippen molar-refractivity contribution in [1.29, 1.82) is 0 Å². The number of hydrogen-bond acceptors (Lipinski definition) is 5. The SMILES string of the molecule is CCCC(C)(O)CNc1nc(NN)c(Cl)cc1Cl. The van der Waals surface area contributed by atoms with E-state index >= 15 is 0 Å². The van der Waals surface area contributed by atoms with Crippen molar-refractivity contribution >= 4 is 34.8 Å². The molecule has 1 rings (SSSR count). The Balaban J connectivity index is 2.79. The lowest BCUT2D eigenvalue weighted by Crippen LogP contribution is -2.33. The predicted octanol–water partition coefficient (Wildman–Crippen LogP) is 2.64. The molecule has 1 unspecified atom stereocenters. The van der Waals surface area contributed by atoms with Crippen molar-refractivity contribution in [3.63, 3.8) is 0 Å². The second-order valence-electron chi connectivity index (χ2n) is 4.39. The van der Waals surface area contributed by atoms with Crippen LogP contribution in [0.4, 0.5) is 11.6 Å². The van der Waals surface area contributed by atoms with Crippen LogP contribution in [0.3, 0.4) is 0 Å². The van der Waals surface area contributed by atoms with Gasteiger partial charge in [0.25, 0.3) is 0 Å². The van der Waals surface area contributed by atoms with Crippen molar-refractivity contribution in [2.45, 2.75) is 32.3 Å². The van der Waals surface area contributed by atoms with Crippen molar-refractivity contribution in [2.75, 3.05) is 17.3 Å². The van der Waals surface area contributed by atoms with Gasteiger partial charge in [-0.25, -0.2) is 10.8 Å². The predicted molar refractivity (Wildman–Crippen MR) is 76.1 cm³/mol. The first-order valence-electron chi connectivity index (χ1n) is 5.68. The summed E-state index contributed by atoms with van der Waals surface area (Å²) in [6.45, 7) is 4.12. The number of nitrogens with one attached hydrogen (secondary N) is 2. The third-order valence-corrected chi connectivity index (χ3v) is 3.07. The summed E-state index contributed by atoms with van der Waals surface area (Å²) in [5.74, 6) is 6.05. The number of rotatable bonds is 6. The van der Waals surface area contributed by atoms with Gasteiger partial charge in [-0.05, 0) is 19.4 Å². The number of nitrogen functional groups attached to an aromatic ring is 1. The molecule has 0 saturated carbocycles. The van der Waals surface area contributed by atoms with Crippen molar-refractivity contribution in [3.8, 4) is 0 Å². The van der Waals surface area contributed by atoms with Gasteiger partial charge in [0.15, 0.2) is 5.82 Å². The normalized spacial score (nSPS) is 14.1. The van der Waals surface area contributed by atoms with Crippen LogP contribution in [0.15, 0.2) is 6.07 Å². The highest BCUT2D eigenvalue weighted by atomic mass is 35.5. The fourth-order valence-corrected chi connectivity index (χ4v) is 2.07. The second kappa shape index (κ2) is 6.43. The molecule has 0 aromatic carbocycles. The summed E-state index contributed by atoms with van der Waals surface area (Å²) in [4.78, 5) is 4.13. The average molecular weight is 293 g/mol. The van der Waals surface area contributed by atoms with Crippen LogP contribution < -0.4 is 16.6 Å². The molecular formula is C11H18Cl2N4O. The molecule has 0 spiro atoms. The molecule has 0 amide bonds. The fourth-order valence-electron chi connectivity index (χ4n) is 1.59. The standard InChI is InChI=1S/C11H18Cl2N4O/c1-3-4-11(2,18)6-15-9-7(12)5-8(13)10(16-9)17-14/h5,18H,3-4,6,14H2,1-2H3,(H2,15,16,17). The minimum atomic E-state index is -0.810. The van der Waals surface area contributed by atoms with Gasteiger partial charge in [0.1, 0.15) is 5.82 Å². The van der Waals surface area contributed by atoms with E-state index in [2.05, 4.69) is 15.7 Å². The summed E-state index contributed by atoms with van der Waals surface area (Å²) in [7, 11) is 0. The number of nitrogens with zero attached hydrogens (tertiary/aromatic N) is 1. The number of nitrogens with two attached hydrogens (primary N) is 1. The molecule has 0 aliphatic rings. The van der Waals surface area contributed by atoms with E-state index < -0.39 is 5.60 Å². The number of hydrogen-bond donors (Lipinski definition) is 4. The molecule has 5 nitrogen and oxygen atoms in total. The van der Waals surface area contributed by atoms with Crippen LogP contribution in [0.1, 0.15) is 26.7 Å². The number of hydrazine groups is 1. The highest BCUT2D eigenvalue weighted by Gasteiger charge is 2.19. The molecule has 1 aromatic heterocycles. The topological polar surface area (TPSA) is 83.2 Å². The zero-order valence-electron chi connectivity index (χ0n) is 10.4. The van der Waals surface area contributed by atoms with Crippen LogP contribution in [-0.4, -0.2) is 22.2 Å². The van der Waals surface area contributed by atoms with Gasteiger partial charge in [-0.1, -0.05) is 36.5 Å². The zero-order chi connectivity index (χ0) is 13.8. The Morgan fingerprint density at radius 3 is 2.56 bits per heavy atom. The maximum absolute atomic E-state index is 10.0. The zero-order valence-corrected chi connectivity index (χ0v) is 11.9. The van der Waals surface area contributed by atoms with Crippen molar-refractivity contribution in [2.24, 2.45) is 5.84 Å². The molecule has 18 heavy (non-hydrogen) atoms. The van der Waals surface area contributed by atoms with E-state index in [1.165, 1.54) is 0 Å². The number of halogens is 2. The van der Waals surface area contributed by atoms with Gasteiger partial charge >= 0.3 is 0 Å². The molecule has 0 aliphatic carbocycles. The molecule has 1 aromatic rings. The summed E-state index contributed by atoms with van der Waals surface area (Å²) >= 11 is 11.9. The van der Waals surface area contributed by atoms with Crippen LogP contribution in [0.5, 0.6) is 0 Å². The molecule has 0 aliphatic heterocycles. The second-order valence-corrected chi connectivity index (χ2v) is 5.21. The molecule has 1 atom stereocenters. The molecule has 102 valence electrons. The Bertz CT molecular complexity index is 412. The van der Waals surface area contributed by atoms with Crippen LogP contribution in [0.2, 0.25) is 10.0 Å². The Labute approximate surface area is 117 Å². The average Bonchev–Trinajstić information content (AvgIpc) is 2.28. The van der Waals surface area contributed by atoms with E-state index in [1.807, 2.05) is 6.92 Å². The van der Waals surface area contributed by atoms with E-state index in [9.17, 15) is 5.11 Å². The molecule has 0 fully saturated rings. The van der Waals surface area contributed by atoms with Gasteiger partial charge in [-0.2, -0.15) is 0 Å². The number of aromatic nitrogens is 1. The minimum Gasteiger partial charge on any atom is -0.388 e. The Hall–Kier alpha value is -0.750. The van der Waals surface area contributed by atoms with E-state index in [0.717, 1.165) is 6.42 Å². The van der Waals surface area contributed by atoms with Gasteiger partial charge in [0.2, 0.25) is 0 Å². The van der Waals surface area contributed by atoms with Crippen molar-refractivity contribution in [1.82, 2.24) is 4.98 Å². The highest BCUT2D eigenvalue weighted by molar-refractivity contribution is 6.37. The molecule has 1 heterocycles. The molecular weight excluding hydrogens is 275 g/mol. The maximum Gasteiger partial charge on any atom is 0.161 e. The summed E-state index contributed by atoms with van der Waals surface area (Å²) < 4.78 is 0. The first-order chi connectivity index (χ1) is 8.39. The van der Waals surface area contributed by atoms with E-state index in [1.54, 1.807) is 13.0 Å². The largest absolute Gasteiger partial charge is 0.388 e. The summed E-state index contributed by atoms with van der Waals surface area (Å²) in [5, 5.41) is 13.8. The minimum absolute atomic E-state index is 0.332. The molecule has 0 radical (unpaired) electrons. The molecule has 0 bridgehead atoms. The van der Waals surface area contributed by atoms with E-state index in [0.29, 0.717) is 34.6 Å². The van der Waals surface area contributed by atoms with E-state index in [-0.39, 0.29) is 0 Å². The van der Waals surface area contributed by atoms with Crippen LogP contribution in [0.25, 0.3) is 0 Å². The summed E-state index contributed by atoms with van der Waals surface area (Å²) in [6.07, 6.45) is 1.58. The van der Waals surface area contributed by atoms with Gasteiger partial charge in [0.05, 0.1) is 15.6 Å². The first kappa shape index (κ1) is 15.3. The van der Waals surface area contributed by atoms with Gasteiger partial charge in [-0.3, -0.25) is 0 Å². The molecule has 5 N–H and O–H groups in total. The molecule has 0 saturated heterocycles. The lowest BCUT2D eigenvalue weighted by molar-refractivity contribution is 0.0636. The molecule has 7 heteroatoms. The van der Waals surface area contributed by atoms with Gasteiger partial charge in [0, 0.05) is 6.54 Å². The highest BCUT2D eigenvalue weighted by Crippen LogP contribution is 2.29. The van der Waals surface area contributed by atoms with E-state index in [4.69, 9.17) is 29.0 Å². The third kappa shape index (κ3) is 4.17. The Morgan fingerprint density at radius 1 is 1.39 bits per heavy atom. The first-order valence-corrected chi connectivity index (χ1v) is 6.44. The van der Waals surface area contributed by atoms with Crippen LogP contribution in [0, 0.1) is 0 Å². The summed E-state index contributed by atoms with van der Waals surface area (Å²) in [6, 6.07) is 1.54. The summed E-state index contributed by atoms with van der Waals surface area (Å²) in [5.41, 5.74) is 1.57. The Kier molecular flexibility index (Phi) is 5.47. The van der Waals surface area contributed by atoms with Gasteiger partial charge < -0.3 is 15.8 Å². The van der Waals surface area contributed by atoms with Crippen LogP contribution >= 0.6 is 23.2 Å². The number of aliphatic hydroxyl groups is 1. The monoisotopic (exact) mass is 292 g/mol. The van der Waals surface area contributed by atoms with Crippen LogP contribution in [-0.2, 0) is 0 Å². The van der Waals surface area contributed by atoms with Gasteiger partial charge in [-0.15, -0.1) is 0 Å². The quantitative estimate of drug-likeness (QED) is 0.479. The lowest BCUT2D eigenvalue weighted by Gasteiger charge is -2.23. The maximum atomic E-state index is 10.0. The fraction of sp³-hybridized carbons (Fsp3) is 0.545. The number of pyridine rings is 1. The Morgan fingerprint density at radius 2 is 2.00 bits per heavy atom. The lowest BCUT2D eigenvalue weighted by atomic mass is 10.0. The smallest absolute Gasteiger partial charge is 0.161 e.